The molecule has 2 aromatic heterocycles. The number of nitrogens with zero attached hydrogens (tertiary/aromatic N) is 2. The molecule has 1 atom stereocenters. The van der Waals surface area contributed by atoms with E-state index in [1.54, 1.807) is 24.5 Å². The van der Waals surface area contributed by atoms with E-state index in [0.717, 1.165) is 23.2 Å². The molecule has 0 fully saturated rings. The summed E-state index contributed by atoms with van der Waals surface area (Å²) in [6.07, 6.45) is 2.45. The van der Waals surface area contributed by atoms with Crippen LogP contribution in [0.5, 0.6) is 5.75 Å². The summed E-state index contributed by atoms with van der Waals surface area (Å²) in [4.78, 5) is 14.6. The van der Waals surface area contributed by atoms with E-state index in [0.29, 0.717) is 18.0 Å². The number of aromatic nitrogens is 2. The van der Waals surface area contributed by atoms with Gasteiger partial charge in [-0.25, -0.2) is 0 Å². The first-order valence-corrected chi connectivity index (χ1v) is 7.92. The summed E-state index contributed by atoms with van der Waals surface area (Å²) >= 11 is 0. The summed E-state index contributed by atoms with van der Waals surface area (Å²) in [5, 5.41) is 16.7. The van der Waals surface area contributed by atoms with E-state index in [2.05, 4.69) is 10.2 Å². The minimum absolute atomic E-state index is 0.0843. The summed E-state index contributed by atoms with van der Waals surface area (Å²) in [5.41, 5.74) is 2.92. The third kappa shape index (κ3) is 2.11. The van der Waals surface area contributed by atoms with Crippen LogP contribution in [0.2, 0.25) is 0 Å². The van der Waals surface area contributed by atoms with Gasteiger partial charge in [0.1, 0.15) is 11.4 Å². The number of phenols is 1. The van der Waals surface area contributed by atoms with Crippen LogP contribution in [0.25, 0.3) is 11.5 Å². The van der Waals surface area contributed by atoms with Gasteiger partial charge in [0.2, 0.25) is 0 Å². The van der Waals surface area contributed by atoms with Crippen LogP contribution in [-0.4, -0.2) is 32.7 Å². The zero-order valence-electron chi connectivity index (χ0n) is 13.2. The fourth-order valence-corrected chi connectivity index (χ4v) is 3.27. The average Bonchev–Trinajstić information content (AvgIpc) is 3.28. The molecular formula is C18H17N3O3. The Labute approximate surface area is 138 Å². The molecule has 1 aliphatic rings. The number of fused-ring (bicyclic) bond motifs is 1. The van der Waals surface area contributed by atoms with Crippen molar-refractivity contribution in [3.63, 3.8) is 0 Å². The molecule has 1 aliphatic heterocycles. The van der Waals surface area contributed by atoms with Crippen molar-refractivity contribution < 1.29 is 14.3 Å². The van der Waals surface area contributed by atoms with Crippen molar-refractivity contribution in [3.05, 3.63) is 59.5 Å². The first-order valence-electron chi connectivity index (χ1n) is 7.92. The summed E-state index contributed by atoms with van der Waals surface area (Å²) in [7, 11) is 0. The van der Waals surface area contributed by atoms with E-state index >= 15 is 0 Å². The molecule has 6 heteroatoms. The zero-order chi connectivity index (χ0) is 16.7. The maximum absolute atomic E-state index is 12.8. The monoisotopic (exact) mass is 323 g/mol. The first kappa shape index (κ1) is 14.6. The number of aromatic hydroxyl groups is 1. The van der Waals surface area contributed by atoms with Crippen molar-refractivity contribution in [1.82, 2.24) is 15.1 Å². The predicted octanol–water partition coefficient (Wildman–Crippen LogP) is 3.33. The molecule has 4 rings (SSSR count). The van der Waals surface area contributed by atoms with E-state index in [9.17, 15) is 9.90 Å². The van der Waals surface area contributed by atoms with Gasteiger partial charge < -0.3 is 14.4 Å². The second-order valence-corrected chi connectivity index (χ2v) is 5.83. The second-order valence-electron chi connectivity index (χ2n) is 5.83. The molecule has 3 aromatic rings. The number of hydrogen-bond donors (Lipinski definition) is 2. The van der Waals surface area contributed by atoms with Gasteiger partial charge in [0.15, 0.2) is 11.5 Å². The minimum Gasteiger partial charge on any atom is -0.508 e. The molecule has 0 saturated heterocycles. The molecule has 1 aromatic carbocycles. The highest BCUT2D eigenvalue weighted by Crippen LogP contribution is 2.43. The largest absolute Gasteiger partial charge is 0.508 e. The smallest absolute Gasteiger partial charge is 0.275 e. The molecule has 122 valence electrons. The Hall–Kier alpha value is -3.02. The van der Waals surface area contributed by atoms with Gasteiger partial charge >= 0.3 is 0 Å². The Bertz CT molecular complexity index is 866. The molecule has 24 heavy (non-hydrogen) atoms. The summed E-state index contributed by atoms with van der Waals surface area (Å²) < 4.78 is 5.50. The molecule has 2 N–H and O–H groups in total. The van der Waals surface area contributed by atoms with E-state index in [1.165, 1.54) is 0 Å². The molecule has 0 bridgehead atoms. The van der Waals surface area contributed by atoms with Crippen LogP contribution in [0.3, 0.4) is 0 Å². The number of aromatic amines is 1. The normalized spacial score (nSPS) is 16.6. The van der Waals surface area contributed by atoms with Gasteiger partial charge in [0.05, 0.1) is 12.3 Å². The second kappa shape index (κ2) is 5.56. The Morgan fingerprint density at radius 1 is 1.29 bits per heavy atom. The molecular weight excluding hydrogens is 306 g/mol. The summed E-state index contributed by atoms with van der Waals surface area (Å²) in [6.45, 7) is 2.68. The number of H-pyrrole nitrogens is 1. The number of benzene rings is 1. The van der Waals surface area contributed by atoms with Gasteiger partial charge in [-0.15, -0.1) is 0 Å². The SMILES string of the molecule is CCCN1C(=O)c2n[nH]c(-c3ccco3)c2[C@@H]1c1ccc(O)cc1. The van der Waals surface area contributed by atoms with Crippen LogP contribution in [0.1, 0.15) is 41.0 Å². The van der Waals surface area contributed by atoms with Gasteiger partial charge in [-0.2, -0.15) is 5.10 Å². The number of hydrogen-bond acceptors (Lipinski definition) is 4. The van der Waals surface area contributed by atoms with Crippen LogP contribution in [0, 0.1) is 0 Å². The third-order valence-electron chi connectivity index (χ3n) is 4.29. The van der Waals surface area contributed by atoms with Gasteiger partial charge in [0.25, 0.3) is 5.91 Å². The molecule has 6 nitrogen and oxygen atoms in total. The number of carbonyl (C=O) groups excluding carboxylic acids is 1. The fourth-order valence-electron chi connectivity index (χ4n) is 3.27. The molecule has 0 unspecified atom stereocenters. The summed E-state index contributed by atoms with van der Waals surface area (Å²) in [6, 6.07) is 10.3. The quantitative estimate of drug-likeness (QED) is 0.771. The Kier molecular flexibility index (Phi) is 3.37. The van der Waals surface area contributed by atoms with E-state index in [-0.39, 0.29) is 17.7 Å². The number of furan rings is 1. The van der Waals surface area contributed by atoms with Crippen molar-refractivity contribution in [2.45, 2.75) is 19.4 Å². The number of rotatable bonds is 4. The van der Waals surface area contributed by atoms with Gasteiger partial charge in [-0.05, 0) is 36.2 Å². The highest BCUT2D eigenvalue weighted by molar-refractivity contribution is 5.99. The Balaban J connectivity index is 1.89. The third-order valence-corrected chi connectivity index (χ3v) is 4.29. The van der Waals surface area contributed by atoms with Crippen molar-refractivity contribution in [2.24, 2.45) is 0 Å². The standard InChI is InChI=1S/C18H17N3O3/c1-2-9-21-17(11-5-7-12(22)8-6-11)14-15(13-4-3-10-24-13)19-20-16(14)18(21)23/h3-8,10,17,22H,2,9H2,1H3,(H,19,20)/t17-/m0/s1. The van der Waals surface area contributed by atoms with E-state index in [1.807, 2.05) is 30.0 Å². The van der Waals surface area contributed by atoms with Crippen LogP contribution >= 0.6 is 0 Å². The molecule has 0 radical (unpaired) electrons. The van der Waals surface area contributed by atoms with Crippen LogP contribution < -0.4 is 0 Å². The Morgan fingerprint density at radius 3 is 2.75 bits per heavy atom. The number of nitrogens with one attached hydrogen (secondary N) is 1. The molecule has 1 amide bonds. The fraction of sp³-hybridized carbons (Fsp3) is 0.222. The van der Waals surface area contributed by atoms with Crippen molar-refractivity contribution >= 4 is 5.91 Å². The molecule has 0 aliphatic carbocycles. The highest BCUT2D eigenvalue weighted by atomic mass is 16.3. The lowest BCUT2D eigenvalue weighted by molar-refractivity contribution is 0.0744. The summed E-state index contributed by atoms with van der Waals surface area (Å²) in [5.74, 6) is 0.765. The van der Waals surface area contributed by atoms with Gasteiger partial charge in [-0.3, -0.25) is 9.89 Å². The van der Waals surface area contributed by atoms with Crippen LogP contribution in [0.4, 0.5) is 0 Å². The lowest BCUT2D eigenvalue weighted by atomic mass is 9.98. The number of carbonyl (C=O) groups is 1. The lowest BCUT2D eigenvalue weighted by Gasteiger charge is -2.25. The van der Waals surface area contributed by atoms with Gasteiger partial charge in [-0.1, -0.05) is 19.1 Å². The predicted molar refractivity (Wildman–Crippen MR) is 87.6 cm³/mol. The molecule has 3 heterocycles. The van der Waals surface area contributed by atoms with Crippen molar-refractivity contribution in [2.75, 3.05) is 6.54 Å². The topological polar surface area (TPSA) is 82.4 Å². The zero-order valence-corrected chi connectivity index (χ0v) is 13.2. The average molecular weight is 323 g/mol. The minimum atomic E-state index is -0.244. The first-order chi connectivity index (χ1) is 11.7. The lowest BCUT2D eigenvalue weighted by Crippen LogP contribution is -2.30. The highest BCUT2D eigenvalue weighted by Gasteiger charge is 2.42. The number of phenolic OH excluding ortho intramolecular Hbond substituents is 1. The Morgan fingerprint density at radius 2 is 2.08 bits per heavy atom. The van der Waals surface area contributed by atoms with E-state index in [4.69, 9.17) is 4.42 Å². The maximum Gasteiger partial charge on any atom is 0.275 e. The van der Waals surface area contributed by atoms with E-state index < -0.39 is 0 Å². The van der Waals surface area contributed by atoms with Crippen LogP contribution in [0.15, 0.2) is 47.1 Å². The molecule has 0 saturated carbocycles. The van der Waals surface area contributed by atoms with Crippen LogP contribution in [-0.2, 0) is 0 Å². The maximum atomic E-state index is 12.8. The number of amides is 1. The van der Waals surface area contributed by atoms with Crippen molar-refractivity contribution in [1.29, 1.82) is 0 Å². The molecule has 0 spiro atoms. The van der Waals surface area contributed by atoms with Crippen molar-refractivity contribution in [3.8, 4) is 17.2 Å². The van der Waals surface area contributed by atoms with Gasteiger partial charge in [0, 0.05) is 12.1 Å².